The average molecular weight is 218 g/mol. The fourth-order valence-corrected chi connectivity index (χ4v) is 1.92. The maximum atomic E-state index is 4.90. The van der Waals surface area contributed by atoms with Gasteiger partial charge in [-0.1, -0.05) is 30.3 Å². The van der Waals surface area contributed by atoms with Crippen molar-refractivity contribution in [3.05, 3.63) is 47.7 Å². The van der Waals surface area contributed by atoms with E-state index in [1.807, 2.05) is 0 Å². The van der Waals surface area contributed by atoms with Crippen molar-refractivity contribution >= 4 is 0 Å². The van der Waals surface area contributed by atoms with Gasteiger partial charge in [-0.05, 0) is 11.6 Å². The summed E-state index contributed by atoms with van der Waals surface area (Å²) in [5.74, 6) is 0. The molecule has 0 saturated carbocycles. The predicted molar refractivity (Wildman–Crippen MR) is 64.6 cm³/mol. The molecule has 0 aromatic heterocycles. The maximum absolute atomic E-state index is 4.90. The van der Waals surface area contributed by atoms with Crippen molar-refractivity contribution in [2.24, 2.45) is 0 Å². The van der Waals surface area contributed by atoms with Crippen molar-refractivity contribution in [2.75, 3.05) is 20.2 Å². The first kappa shape index (κ1) is 11.2. The summed E-state index contributed by atoms with van der Waals surface area (Å²) in [5.41, 5.74) is 5.46. The lowest BCUT2D eigenvalue weighted by molar-refractivity contribution is 0.109. The SMILES string of the molecule is CONC1=CCN(Cc2ccccc2)CC1. The first-order valence-electron chi connectivity index (χ1n) is 5.63. The Morgan fingerprint density at radius 1 is 1.31 bits per heavy atom. The lowest BCUT2D eigenvalue weighted by Gasteiger charge is -2.26. The number of hydroxylamine groups is 1. The minimum Gasteiger partial charge on any atom is -0.295 e. The highest BCUT2D eigenvalue weighted by atomic mass is 16.6. The Hall–Kier alpha value is -1.32. The zero-order valence-electron chi connectivity index (χ0n) is 9.65. The van der Waals surface area contributed by atoms with Crippen molar-refractivity contribution in [1.29, 1.82) is 0 Å². The van der Waals surface area contributed by atoms with Gasteiger partial charge < -0.3 is 0 Å². The van der Waals surface area contributed by atoms with Crippen LogP contribution in [-0.2, 0) is 11.4 Å². The normalized spacial score (nSPS) is 16.9. The maximum Gasteiger partial charge on any atom is 0.0636 e. The topological polar surface area (TPSA) is 24.5 Å². The molecule has 0 bridgehead atoms. The third-order valence-electron chi connectivity index (χ3n) is 2.78. The molecule has 0 saturated heterocycles. The molecular formula is C13H18N2O. The van der Waals surface area contributed by atoms with Crippen LogP contribution in [0.2, 0.25) is 0 Å². The van der Waals surface area contributed by atoms with E-state index in [1.54, 1.807) is 7.11 Å². The molecule has 0 unspecified atom stereocenters. The van der Waals surface area contributed by atoms with Gasteiger partial charge in [-0.15, -0.1) is 0 Å². The minimum absolute atomic E-state index is 0.987. The van der Waals surface area contributed by atoms with Gasteiger partial charge in [0.2, 0.25) is 0 Å². The van der Waals surface area contributed by atoms with Crippen molar-refractivity contribution in [3.63, 3.8) is 0 Å². The van der Waals surface area contributed by atoms with Gasteiger partial charge in [-0.2, -0.15) is 0 Å². The molecule has 1 aliphatic heterocycles. The second-order valence-electron chi connectivity index (χ2n) is 4.01. The number of hydrogen-bond acceptors (Lipinski definition) is 3. The van der Waals surface area contributed by atoms with E-state index >= 15 is 0 Å². The minimum atomic E-state index is 0.987. The van der Waals surface area contributed by atoms with Gasteiger partial charge in [-0.3, -0.25) is 15.2 Å². The molecule has 2 rings (SSSR count). The van der Waals surface area contributed by atoms with Crippen molar-refractivity contribution < 1.29 is 4.84 Å². The zero-order valence-corrected chi connectivity index (χ0v) is 9.65. The summed E-state index contributed by atoms with van der Waals surface area (Å²) in [4.78, 5) is 7.32. The zero-order chi connectivity index (χ0) is 11.2. The van der Waals surface area contributed by atoms with Gasteiger partial charge in [-0.25, -0.2) is 0 Å². The first-order valence-corrected chi connectivity index (χ1v) is 5.63. The molecule has 1 aromatic rings. The summed E-state index contributed by atoms with van der Waals surface area (Å²) in [6.45, 7) is 3.09. The van der Waals surface area contributed by atoms with Gasteiger partial charge in [0.15, 0.2) is 0 Å². The molecule has 3 heteroatoms. The van der Waals surface area contributed by atoms with Gasteiger partial charge in [0.05, 0.1) is 7.11 Å². The molecule has 3 nitrogen and oxygen atoms in total. The molecule has 1 N–H and O–H groups in total. The van der Waals surface area contributed by atoms with Gasteiger partial charge in [0.25, 0.3) is 0 Å². The smallest absolute Gasteiger partial charge is 0.0636 e. The molecule has 0 radical (unpaired) electrons. The molecule has 0 spiro atoms. The average Bonchev–Trinajstić information content (AvgIpc) is 2.33. The van der Waals surface area contributed by atoms with Crippen molar-refractivity contribution in [3.8, 4) is 0 Å². The second kappa shape index (κ2) is 5.68. The van der Waals surface area contributed by atoms with Crippen molar-refractivity contribution in [2.45, 2.75) is 13.0 Å². The Kier molecular flexibility index (Phi) is 3.97. The van der Waals surface area contributed by atoms with Crippen LogP contribution in [0.4, 0.5) is 0 Å². The third kappa shape index (κ3) is 3.08. The summed E-state index contributed by atoms with van der Waals surface area (Å²) in [6, 6.07) is 10.6. The molecule has 0 aliphatic carbocycles. The Labute approximate surface area is 96.7 Å². The second-order valence-corrected chi connectivity index (χ2v) is 4.01. The summed E-state index contributed by atoms with van der Waals surface area (Å²) in [5, 5.41) is 0. The number of hydrogen-bond donors (Lipinski definition) is 1. The number of benzene rings is 1. The predicted octanol–water partition coefficient (Wildman–Crippen LogP) is 1.93. The number of nitrogens with one attached hydrogen (secondary N) is 1. The van der Waals surface area contributed by atoms with Crippen molar-refractivity contribution in [1.82, 2.24) is 10.4 Å². The fourth-order valence-electron chi connectivity index (χ4n) is 1.92. The lowest BCUT2D eigenvalue weighted by atomic mass is 10.1. The molecule has 16 heavy (non-hydrogen) atoms. The molecule has 0 fully saturated rings. The van der Waals surface area contributed by atoms with E-state index in [1.165, 1.54) is 11.3 Å². The van der Waals surface area contributed by atoms with Crippen LogP contribution in [0.15, 0.2) is 42.1 Å². The van der Waals surface area contributed by atoms with Crippen LogP contribution in [-0.4, -0.2) is 25.1 Å². The van der Waals surface area contributed by atoms with Gasteiger partial charge >= 0.3 is 0 Å². The monoisotopic (exact) mass is 218 g/mol. The summed E-state index contributed by atoms with van der Waals surface area (Å²) in [7, 11) is 1.65. The van der Waals surface area contributed by atoms with Crippen LogP contribution in [0.3, 0.4) is 0 Å². The van der Waals surface area contributed by atoms with E-state index in [0.29, 0.717) is 0 Å². The molecule has 0 atom stereocenters. The van der Waals surface area contributed by atoms with Crippen LogP contribution >= 0.6 is 0 Å². The summed E-state index contributed by atoms with van der Waals surface area (Å²) >= 11 is 0. The van der Waals surface area contributed by atoms with Crippen LogP contribution in [0.25, 0.3) is 0 Å². The van der Waals surface area contributed by atoms with E-state index in [0.717, 1.165) is 26.1 Å². The van der Waals surface area contributed by atoms with Crippen LogP contribution in [0, 0.1) is 0 Å². The first-order chi connectivity index (χ1) is 7.88. The Morgan fingerprint density at radius 2 is 2.12 bits per heavy atom. The van der Waals surface area contributed by atoms with Crippen LogP contribution in [0.5, 0.6) is 0 Å². The van der Waals surface area contributed by atoms with Crippen LogP contribution < -0.4 is 5.48 Å². The number of rotatable bonds is 4. The molecule has 1 heterocycles. The summed E-state index contributed by atoms with van der Waals surface area (Å²) in [6.07, 6.45) is 3.22. The fraction of sp³-hybridized carbons (Fsp3) is 0.385. The molecular weight excluding hydrogens is 200 g/mol. The highest BCUT2D eigenvalue weighted by Gasteiger charge is 2.11. The van der Waals surface area contributed by atoms with E-state index in [9.17, 15) is 0 Å². The molecule has 1 aromatic carbocycles. The third-order valence-corrected chi connectivity index (χ3v) is 2.78. The Balaban J connectivity index is 1.86. The largest absolute Gasteiger partial charge is 0.295 e. The Bertz CT molecular complexity index is 348. The van der Waals surface area contributed by atoms with E-state index < -0.39 is 0 Å². The van der Waals surface area contributed by atoms with E-state index in [4.69, 9.17) is 4.84 Å². The molecule has 0 amide bonds. The molecule has 1 aliphatic rings. The van der Waals surface area contributed by atoms with Crippen LogP contribution in [0.1, 0.15) is 12.0 Å². The lowest BCUT2D eigenvalue weighted by Crippen LogP contribution is -2.31. The summed E-state index contributed by atoms with van der Waals surface area (Å²) < 4.78 is 0. The molecule has 86 valence electrons. The number of nitrogens with zero attached hydrogens (tertiary/aromatic N) is 1. The van der Waals surface area contributed by atoms with Gasteiger partial charge in [0.1, 0.15) is 0 Å². The highest BCUT2D eigenvalue weighted by molar-refractivity contribution is 5.15. The quantitative estimate of drug-likeness (QED) is 0.781. The standard InChI is InChI=1S/C13H18N2O/c1-16-14-13-7-9-15(10-8-13)11-12-5-3-2-4-6-12/h2-7,14H,8-11H2,1H3. The van der Waals surface area contributed by atoms with Gasteiger partial charge in [0, 0.05) is 31.8 Å². The van der Waals surface area contributed by atoms with E-state index in [2.05, 4.69) is 46.8 Å². The Morgan fingerprint density at radius 3 is 2.75 bits per heavy atom. The highest BCUT2D eigenvalue weighted by Crippen LogP contribution is 2.11. The van der Waals surface area contributed by atoms with E-state index in [-0.39, 0.29) is 0 Å².